The quantitative estimate of drug-likeness (QED) is 0.686. The van der Waals surface area contributed by atoms with E-state index in [2.05, 4.69) is 39.0 Å². The monoisotopic (exact) mass is 434 g/mol. The zero-order valence-electron chi connectivity index (χ0n) is 14.9. The van der Waals surface area contributed by atoms with Gasteiger partial charge in [-0.2, -0.15) is 0 Å². The van der Waals surface area contributed by atoms with E-state index in [0.29, 0.717) is 5.75 Å². The minimum atomic E-state index is 0.229. The molecule has 0 bridgehead atoms. The summed E-state index contributed by atoms with van der Waals surface area (Å²) in [7, 11) is 1.70. The first-order valence-corrected chi connectivity index (χ1v) is 10.6. The van der Waals surface area contributed by atoms with Crippen molar-refractivity contribution in [3.05, 3.63) is 58.6 Å². The van der Waals surface area contributed by atoms with Crippen molar-refractivity contribution in [3.8, 4) is 5.75 Å². The van der Waals surface area contributed by atoms with Crippen LogP contribution >= 0.6 is 27.7 Å². The summed E-state index contributed by atoms with van der Waals surface area (Å²) >= 11 is 5.12. The molecular weight excluding hydrogens is 412 g/mol. The Morgan fingerprint density at radius 2 is 1.77 bits per heavy atom. The van der Waals surface area contributed by atoms with E-state index in [0.717, 1.165) is 47.8 Å². The van der Waals surface area contributed by atoms with Crippen molar-refractivity contribution in [3.63, 3.8) is 0 Å². The van der Waals surface area contributed by atoms with Crippen LogP contribution < -0.4 is 9.64 Å². The number of piperazine rings is 1. The molecule has 1 saturated heterocycles. The highest BCUT2D eigenvalue weighted by Crippen LogP contribution is 2.28. The Hall–Kier alpha value is -1.66. The van der Waals surface area contributed by atoms with Gasteiger partial charge in [0.1, 0.15) is 5.75 Å². The van der Waals surface area contributed by atoms with Crippen molar-refractivity contribution in [2.24, 2.45) is 0 Å². The lowest BCUT2D eigenvalue weighted by molar-refractivity contribution is -0.128. The smallest absolute Gasteiger partial charge is 0.232 e. The molecule has 1 aliphatic heterocycles. The molecule has 0 radical (unpaired) electrons. The highest BCUT2D eigenvalue weighted by atomic mass is 79.9. The molecule has 0 saturated carbocycles. The predicted octanol–water partition coefficient (Wildman–Crippen LogP) is 4.04. The molecule has 1 heterocycles. The molecule has 1 fully saturated rings. The first-order valence-electron chi connectivity index (χ1n) is 8.65. The van der Waals surface area contributed by atoms with Gasteiger partial charge in [-0.05, 0) is 29.8 Å². The van der Waals surface area contributed by atoms with Gasteiger partial charge in [0.2, 0.25) is 5.91 Å². The number of rotatable bonds is 6. The molecule has 0 unspecified atom stereocenters. The Morgan fingerprint density at radius 1 is 1.08 bits per heavy atom. The minimum absolute atomic E-state index is 0.229. The van der Waals surface area contributed by atoms with Gasteiger partial charge in [0.05, 0.1) is 18.6 Å². The van der Waals surface area contributed by atoms with Gasteiger partial charge in [-0.25, -0.2) is 0 Å². The highest BCUT2D eigenvalue weighted by Gasteiger charge is 2.22. The second-order valence-electron chi connectivity index (χ2n) is 6.16. The van der Waals surface area contributed by atoms with Crippen LogP contribution in [0.4, 0.5) is 5.69 Å². The normalized spacial score (nSPS) is 14.4. The molecule has 138 valence electrons. The van der Waals surface area contributed by atoms with E-state index in [9.17, 15) is 4.79 Å². The van der Waals surface area contributed by atoms with Crippen molar-refractivity contribution in [2.75, 3.05) is 43.9 Å². The summed E-state index contributed by atoms with van der Waals surface area (Å²) in [5, 5.41) is 0. The third-order valence-corrected chi connectivity index (χ3v) is 5.98. The maximum absolute atomic E-state index is 12.5. The summed E-state index contributed by atoms with van der Waals surface area (Å²) in [6.07, 6.45) is 0. The van der Waals surface area contributed by atoms with E-state index in [1.165, 1.54) is 5.56 Å². The van der Waals surface area contributed by atoms with Crippen molar-refractivity contribution in [1.29, 1.82) is 0 Å². The molecule has 1 aliphatic rings. The Bertz CT molecular complexity index is 731. The summed E-state index contributed by atoms with van der Waals surface area (Å²) in [4.78, 5) is 16.7. The number of para-hydroxylation sites is 2. The van der Waals surface area contributed by atoms with E-state index < -0.39 is 0 Å². The fourth-order valence-electron chi connectivity index (χ4n) is 3.02. The van der Waals surface area contributed by atoms with Gasteiger partial charge < -0.3 is 14.5 Å². The fraction of sp³-hybridized carbons (Fsp3) is 0.350. The third kappa shape index (κ3) is 4.95. The highest BCUT2D eigenvalue weighted by molar-refractivity contribution is 9.10. The van der Waals surface area contributed by atoms with Crippen LogP contribution in [-0.4, -0.2) is 49.8 Å². The van der Waals surface area contributed by atoms with E-state index in [1.54, 1.807) is 18.9 Å². The number of hydrogen-bond donors (Lipinski definition) is 0. The summed E-state index contributed by atoms with van der Waals surface area (Å²) in [6, 6.07) is 16.3. The van der Waals surface area contributed by atoms with E-state index in [4.69, 9.17) is 4.74 Å². The molecule has 0 spiro atoms. The second kappa shape index (κ2) is 9.33. The number of amides is 1. The van der Waals surface area contributed by atoms with Crippen LogP contribution in [-0.2, 0) is 10.5 Å². The van der Waals surface area contributed by atoms with Gasteiger partial charge in [0.25, 0.3) is 0 Å². The lowest BCUT2D eigenvalue weighted by Crippen LogP contribution is -2.49. The van der Waals surface area contributed by atoms with Crippen molar-refractivity contribution in [2.45, 2.75) is 5.75 Å². The maximum Gasteiger partial charge on any atom is 0.232 e. The number of carbonyl (C=O) groups excluding carboxylic acids is 1. The summed E-state index contributed by atoms with van der Waals surface area (Å²) in [5.74, 6) is 2.51. The molecule has 2 aromatic rings. The van der Waals surface area contributed by atoms with Gasteiger partial charge in [-0.1, -0.05) is 40.2 Å². The topological polar surface area (TPSA) is 32.8 Å². The Balaban J connectivity index is 1.45. The zero-order chi connectivity index (χ0) is 18.4. The first-order chi connectivity index (χ1) is 12.7. The Morgan fingerprint density at radius 3 is 2.46 bits per heavy atom. The van der Waals surface area contributed by atoms with Gasteiger partial charge >= 0.3 is 0 Å². The van der Waals surface area contributed by atoms with Crippen molar-refractivity contribution >= 4 is 39.3 Å². The van der Waals surface area contributed by atoms with E-state index in [-0.39, 0.29) is 5.91 Å². The SMILES string of the molecule is COc1ccccc1N1CCN(C(=O)CSCc2ccc(Br)cc2)CC1. The summed E-state index contributed by atoms with van der Waals surface area (Å²) in [5.41, 5.74) is 2.35. The van der Waals surface area contributed by atoms with Gasteiger partial charge in [-0.3, -0.25) is 4.79 Å². The zero-order valence-corrected chi connectivity index (χ0v) is 17.3. The lowest BCUT2D eigenvalue weighted by atomic mass is 10.2. The molecule has 0 atom stereocenters. The van der Waals surface area contributed by atoms with Crippen LogP contribution in [0.15, 0.2) is 53.0 Å². The summed E-state index contributed by atoms with van der Waals surface area (Å²) in [6.45, 7) is 3.19. The number of nitrogens with zero attached hydrogens (tertiary/aromatic N) is 2. The largest absolute Gasteiger partial charge is 0.495 e. The lowest BCUT2D eigenvalue weighted by Gasteiger charge is -2.36. The number of thioether (sulfide) groups is 1. The fourth-order valence-corrected chi connectivity index (χ4v) is 4.17. The molecule has 1 amide bonds. The molecule has 26 heavy (non-hydrogen) atoms. The van der Waals surface area contributed by atoms with Crippen LogP contribution in [0.1, 0.15) is 5.56 Å². The van der Waals surface area contributed by atoms with Crippen LogP contribution in [0, 0.1) is 0 Å². The Labute approximate surface area is 167 Å². The maximum atomic E-state index is 12.5. The number of halogens is 1. The average molecular weight is 435 g/mol. The summed E-state index contributed by atoms with van der Waals surface area (Å²) < 4.78 is 6.53. The number of anilines is 1. The molecule has 6 heteroatoms. The van der Waals surface area contributed by atoms with Crippen LogP contribution in [0.5, 0.6) is 5.75 Å². The average Bonchev–Trinajstić information content (AvgIpc) is 2.69. The van der Waals surface area contributed by atoms with Crippen molar-refractivity contribution < 1.29 is 9.53 Å². The number of carbonyl (C=O) groups is 1. The molecule has 0 N–H and O–H groups in total. The van der Waals surface area contributed by atoms with Gasteiger partial charge in [-0.15, -0.1) is 11.8 Å². The van der Waals surface area contributed by atoms with Crippen LogP contribution in [0.25, 0.3) is 0 Å². The molecule has 4 nitrogen and oxygen atoms in total. The number of hydrogen-bond acceptors (Lipinski definition) is 4. The second-order valence-corrected chi connectivity index (χ2v) is 8.06. The molecule has 3 rings (SSSR count). The third-order valence-electron chi connectivity index (χ3n) is 4.47. The van der Waals surface area contributed by atoms with Crippen molar-refractivity contribution in [1.82, 2.24) is 4.90 Å². The predicted molar refractivity (Wildman–Crippen MR) is 112 cm³/mol. The molecule has 0 aromatic heterocycles. The molecular formula is C20H23BrN2O2S. The standard InChI is InChI=1S/C20H23BrN2O2S/c1-25-19-5-3-2-4-18(19)22-10-12-23(13-11-22)20(24)15-26-14-16-6-8-17(21)9-7-16/h2-9H,10-15H2,1H3. The van der Waals surface area contributed by atoms with Crippen LogP contribution in [0.2, 0.25) is 0 Å². The minimum Gasteiger partial charge on any atom is -0.495 e. The molecule has 0 aliphatic carbocycles. The van der Waals surface area contributed by atoms with Gasteiger partial charge in [0.15, 0.2) is 0 Å². The van der Waals surface area contributed by atoms with Crippen LogP contribution in [0.3, 0.4) is 0 Å². The number of methoxy groups -OCH3 is 1. The Kier molecular flexibility index (Phi) is 6.86. The molecule has 2 aromatic carbocycles. The van der Waals surface area contributed by atoms with Gasteiger partial charge in [0, 0.05) is 36.4 Å². The van der Waals surface area contributed by atoms with E-state index >= 15 is 0 Å². The van der Waals surface area contributed by atoms with E-state index in [1.807, 2.05) is 35.2 Å². The number of ether oxygens (including phenoxy) is 1. The number of benzene rings is 2. The first kappa shape index (κ1) is 19.1.